The highest BCUT2D eigenvalue weighted by molar-refractivity contribution is 6.30. The predicted octanol–water partition coefficient (Wildman–Crippen LogP) is 3.82. The number of rotatable bonds is 1. The molecule has 5 rings (SSSR count). The molecule has 5 heteroatoms. The molecule has 1 heterocycles. The molecule has 28 heavy (non-hydrogen) atoms. The van der Waals surface area contributed by atoms with Crippen LogP contribution in [0.25, 0.3) is 0 Å². The summed E-state index contributed by atoms with van der Waals surface area (Å²) >= 11 is 5.79. The predicted molar refractivity (Wildman–Crippen MR) is 106 cm³/mol. The number of ether oxygens (including phenoxy) is 2. The van der Waals surface area contributed by atoms with Crippen LogP contribution in [0.4, 0.5) is 0 Å². The van der Waals surface area contributed by atoms with Gasteiger partial charge in [-0.1, -0.05) is 12.8 Å². The summed E-state index contributed by atoms with van der Waals surface area (Å²) in [5, 5.41) is 25.3. The molecule has 156 valence electrons. The van der Waals surface area contributed by atoms with Gasteiger partial charge in [0.1, 0.15) is 0 Å². The Morgan fingerprint density at radius 2 is 1.79 bits per heavy atom. The molecule has 1 saturated heterocycles. The van der Waals surface area contributed by atoms with Crippen LogP contribution in [0.3, 0.4) is 0 Å². The van der Waals surface area contributed by atoms with Crippen molar-refractivity contribution in [2.24, 2.45) is 28.6 Å². The molecule has 0 amide bonds. The third-order valence-electron chi connectivity index (χ3n) is 9.71. The third-order valence-corrected chi connectivity index (χ3v) is 9.85. The summed E-state index contributed by atoms with van der Waals surface area (Å²) in [6, 6.07) is 0. The molecule has 5 fully saturated rings. The fourth-order valence-electron chi connectivity index (χ4n) is 8.30. The van der Waals surface area contributed by atoms with Crippen molar-refractivity contribution in [2.75, 3.05) is 13.2 Å². The smallest absolute Gasteiger partial charge is 0.171 e. The quantitative estimate of drug-likeness (QED) is 0.647. The number of hydrogen-bond acceptors (Lipinski definition) is 4. The fraction of sp³-hybridized carbons (Fsp3) is 0.913. The summed E-state index contributed by atoms with van der Waals surface area (Å²) in [6.07, 6.45) is 8.69. The van der Waals surface area contributed by atoms with Crippen LogP contribution in [0.1, 0.15) is 71.1 Å². The third kappa shape index (κ3) is 2.53. The van der Waals surface area contributed by atoms with E-state index in [-0.39, 0.29) is 16.9 Å². The van der Waals surface area contributed by atoms with E-state index in [0.717, 1.165) is 51.4 Å². The Kier molecular flexibility index (Phi) is 4.62. The Bertz CT molecular complexity index is 694. The van der Waals surface area contributed by atoms with Gasteiger partial charge in [0.2, 0.25) is 0 Å². The van der Waals surface area contributed by atoms with E-state index in [1.165, 1.54) is 0 Å². The summed E-state index contributed by atoms with van der Waals surface area (Å²) in [5.74, 6) is 4.10. The van der Waals surface area contributed by atoms with Crippen molar-refractivity contribution < 1.29 is 19.7 Å². The molecule has 0 radical (unpaired) electrons. The van der Waals surface area contributed by atoms with Crippen molar-refractivity contribution in [1.29, 1.82) is 0 Å². The van der Waals surface area contributed by atoms with E-state index in [0.29, 0.717) is 43.8 Å². The van der Waals surface area contributed by atoms with Gasteiger partial charge in [-0.25, -0.2) is 0 Å². The lowest BCUT2D eigenvalue weighted by atomic mass is 9.42. The van der Waals surface area contributed by atoms with Gasteiger partial charge in [0, 0.05) is 30.1 Å². The molecule has 7 atom stereocenters. The monoisotopic (exact) mass is 408 g/mol. The van der Waals surface area contributed by atoms with Crippen molar-refractivity contribution in [3.8, 4) is 11.3 Å². The van der Waals surface area contributed by atoms with Gasteiger partial charge in [0.25, 0.3) is 0 Å². The first-order valence-electron chi connectivity index (χ1n) is 11.2. The largest absolute Gasteiger partial charge is 0.393 e. The lowest BCUT2D eigenvalue weighted by molar-refractivity contribution is -0.289. The zero-order valence-electron chi connectivity index (χ0n) is 16.9. The first-order chi connectivity index (χ1) is 13.4. The Hall–Kier alpha value is -0.310. The maximum absolute atomic E-state index is 12.1. The zero-order valence-corrected chi connectivity index (χ0v) is 17.6. The minimum atomic E-state index is -0.817. The second-order valence-corrected chi connectivity index (χ2v) is 10.7. The van der Waals surface area contributed by atoms with Gasteiger partial charge in [0.15, 0.2) is 5.79 Å². The van der Waals surface area contributed by atoms with Gasteiger partial charge in [-0.15, -0.1) is 0 Å². The SMILES string of the molecule is C[C@]12CC[C@H]3[C@@H](CC[C@@]4(O)CC5(CC[C@]34CC#CCl)OCCO5)[C@@H]1CC[C@@H]2O. The number of aliphatic hydroxyl groups is 2. The van der Waals surface area contributed by atoms with Crippen molar-refractivity contribution in [3.63, 3.8) is 0 Å². The maximum Gasteiger partial charge on any atom is 0.171 e. The Labute approximate surface area is 173 Å². The maximum atomic E-state index is 12.1. The molecule has 0 aromatic carbocycles. The van der Waals surface area contributed by atoms with Crippen LogP contribution in [-0.2, 0) is 9.47 Å². The number of aliphatic hydroxyl groups excluding tert-OH is 1. The van der Waals surface area contributed by atoms with Crippen LogP contribution < -0.4 is 0 Å². The molecule has 1 aliphatic heterocycles. The summed E-state index contributed by atoms with van der Waals surface area (Å²) < 4.78 is 12.0. The van der Waals surface area contributed by atoms with Gasteiger partial charge in [0.05, 0.1) is 24.9 Å². The van der Waals surface area contributed by atoms with Gasteiger partial charge >= 0.3 is 0 Å². The standard InChI is InChI=1S/C23H33ClO4/c1-20-8-6-18-16(17(20)3-4-19(20)25)5-9-22(26)15-23(27-13-14-28-23)11-10-21(18,22)7-2-12-24/h16-19,25-26H,3-11,13-15H2,1H3/t16-,17-,18-,19-,20-,21+,22+/m0/s1. The van der Waals surface area contributed by atoms with E-state index in [2.05, 4.69) is 18.2 Å². The highest BCUT2D eigenvalue weighted by Crippen LogP contribution is 2.69. The lowest BCUT2D eigenvalue weighted by Gasteiger charge is -2.65. The van der Waals surface area contributed by atoms with Crippen molar-refractivity contribution in [3.05, 3.63) is 0 Å². The van der Waals surface area contributed by atoms with Crippen LogP contribution in [0.15, 0.2) is 0 Å². The molecular formula is C23H33ClO4. The van der Waals surface area contributed by atoms with Gasteiger partial charge in [-0.3, -0.25) is 0 Å². The topological polar surface area (TPSA) is 58.9 Å². The molecule has 0 aromatic rings. The number of hydrogen-bond donors (Lipinski definition) is 2. The van der Waals surface area contributed by atoms with E-state index >= 15 is 0 Å². The molecule has 1 spiro atoms. The van der Waals surface area contributed by atoms with E-state index in [9.17, 15) is 10.2 Å². The fourth-order valence-corrected chi connectivity index (χ4v) is 8.36. The molecule has 0 aromatic heterocycles. The number of halogens is 1. The molecule has 4 aliphatic carbocycles. The Morgan fingerprint density at radius 3 is 2.54 bits per heavy atom. The minimum Gasteiger partial charge on any atom is -0.393 e. The number of fused-ring (bicyclic) bond motifs is 5. The normalized spacial score (nSPS) is 51.7. The molecule has 2 N–H and O–H groups in total. The first kappa shape index (κ1) is 19.6. The second-order valence-electron chi connectivity index (χ2n) is 10.5. The van der Waals surface area contributed by atoms with E-state index in [1.54, 1.807) is 0 Å². The summed E-state index contributed by atoms with van der Waals surface area (Å²) in [4.78, 5) is 0. The van der Waals surface area contributed by atoms with Crippen LogP contribution >= 0.6 is 11.6 Å². The summed E-state index contributed by atoms with van der Waals surface area (Å²) in [7, 11) is 0. The molecular weight excluding hydrogens is 376 g/mol. The molecule has 4 saturated carbocycles. The lowest BCUT2D eigenvalue weighted by Crippen LogP contribution is -2.66. The van der Waals surface area contributed by atoms with Crippen LogP contribution in [0, 0.1) is 39.9 Å². The minimum absolute atomic E-state index is 0.0452. The van der Waals surface area contributed by atoms with E-state index in [1.807, 2.05) is 0 Å². The van der Waals surface area contributed by atoms with Crippen LogP contribution in [-0.4, -0.2) is 40.9 Å². The highest BCUT2D eigenvalue weighted by atomic mass is 35.5. The summed E-state index contributed by atoms with van der Waals surface area (Å²) in [6.45, 7) is 3.54. The zero-order chi connectivity index (χ0) is 19.6. The first-order valence-corrected chi connectivity index (χ1v) is 11.5. The van der Waals surface area contributed by atoms with E-state index < -0.39 is 11.4 Å². The average Bonchev–Trinajstić information content (AvgIpc) is 3.25. The van der Waals surface area contributed by atoms with E-state index in [4.69, 9.17) is 21.1 Å². The Balaban J connectivity index is 1.51. The van der Waals surface area contributed by atoms with Gasteiger partial charge in [-0.2, -0.15) is 0 Å². The van der Waals surface area contributed by atoms with Crippen molar-refractivity contribution in [1.82, 2.24) is 0 Å². The molecule has 0 bridgehead atoms. The van der Waals surface area contributed by atoms with Crippen LogP contribution in [0.2, 0.25) is 0 Å². The van der Waals surface area contributed by atoms with Crippen LogP contribution in [0.5, 0.6) is 0 Å². The second kappa shape index (κ2) is 6.59. The van der Waals surface area contributed by atoms with Gasteiger partial charge < -0.3 is 19.7 Å². The van der Waals surface area contributed by atoms with Gasteiger partial charge in [-0.05, 0) is 79.7 Å². The van der Waals surface area contributed by atoms with Crippen molar-refractivity contribution >= 4 is 11.6 Å². The highest BCUT2D eigenvalue weighted by Gasteiger charge is 2.68. The average molecular weight is 409 g/mol. The Morgan fingerprint density at radius 1 is 1.00 bits per heavy atom. The molecule has 0 unspecified atom stereocenters. The summed E-state index contributed by atoms with van der Waals surface area (Å²) in [5.41, 5.74) is -1.01. The molecule has 4 nitrogen and oxygen atoms in total. The van der Waals surface area contributed by atoms with Crippen molar-refractivity contribution in [2.45, 2.75) is 88.6 Å². The molecule has 5 aliphatic rings.